The van der Waals surface area contributed by atoms with Gasteiger partial charge in [-0.2, -0.15) is 0 Å². The number of hydrogen-bond donors (Lipinski definition) is 1. The minimum absolute atomic E-state index is 0.136. The maximum absolute atomic E-state index is 9.78. The Labute approximate surface area is 141 Å². The molecule has 0 amide bonds. The number of likely N-dealkylation sites (tertiary alicyclic amines) is 1. The van der Waals surface area contributed by atoms with E-state index >= 15 is 0 Å². The van der Waals surface area contributed by atoms with Gasteiger partial charge in [-0.05, 0) is 37.3 Å². The normalized spacial score (nSPS) is 29.8. The highest BCUT2D eigenvalue weighted by molar-refractivity contribution is 9.10. The minimum Gasteiger partial charge on any atom is -0.392 e. The summed E-state index contributed by atoms with van der Waals surface area (Å²) in [6.45, 7) is 2.63. The van der Waals surface area contributed by atoms with Crippen LogP contribution in [-0.4, -0.2) is 48.0 Å². The first-order valence-corrected chi connectivity index (χ1v) is 9.30. The molecule has 122 valence electrons. The molecule has 1 saturated heterocycles. The van der Waals surface area contributed by atoms with E-state index in [-0.39, 0.29) is 6.10 Å². The lowest BCUT2D eigenvalue weighted by Gasteiger charge is -2.37. The summed E-state index contributed by atoms with van der Waals surface area (Å²) < 4.78 is 7.43. The van der Waals surface area contributed by atoms with E-state index in [2.05, 4.69) is 39.0 Å². The smallest absolute Gasteiger partial charge is 0.0730 e. The molecule has 2 fully saturated rings. The van der Waals surface area contributed by atoms with Gasteiger partial charge in [0.2, 0.25) is 0 Å². The summed E-state index contributed by atoms with van der Waals surface area (Å²) >= 11 is 3.60. The predicted molar refractivity (Wildman–Crippen MR) is 92.0 cm³/mol. The van der Waals surface area contributed by atoms with Gasteiger partial charge in [-0.25, -0.2) is 0 Å². The maximum Gasteiger partial charge on any atom is 0.0730 e. The van der Waals surface area contributed by atoms with Gasteiger partial charge in [0.1, 0.15) is 0 Å². The first kappa shape index (κ1) is 16.4. The Morgan fingerprint density at radius 2 is 2.00 bits per heavy atom. The number of nitrogens with zero attached hydrogens (tertiary/aromatic N) is 1. The first-order valence-electron chi connectivity index (χ1n) is 8.51. The molecule has 1 aromatic rings. The summed E-state index contributed by atoms with van der Waals surface area (Å²) in [6, 6.07) is 8.87. The van der Waals surface area contributed by atoms with Gasteiger partial charge in [-0.3, -0.25) is 4.90 Å². The van der Waals surface area contributed by atoms with Gasteiger partial charge in [-0.15, -0.1) is 0 Å². The number of halogens is 1. The van der Waals surface area contributed by atoms with Crippen molar-refractivity contribution in [1.29, 1.82) is 0 Å². The molecule has 0 bridgehead atoms. The average molecular weight is 368 g/mol. The van der Waals surface area contributed by atoms with E-state index in [0.29, 0.717) is 12.1 Å². The molecule has 1 heterocycles. The second-order valence-electron chi connectivity index (χ2n) is 6.54. The standard InChI is InChI=1S/C18H26BrNO2/c19-16-6-2-1-5-14(16)10-12-22-18-8-4-3-7-17(18)20-11-9-15(21)13-20/h1-2,5-6,15,17-18,21H,3-4,7-13H2. The Morgan fingerprint density at radius 3 is 2.77 bits per heavy atom. The van der Waals surface area contributed by atoms with Crippen LogP contribution >= 0.6 is 15.9 Å². The highest BCUT2D eigenvalue weighted by Gasteiger charge is 2.34. The topological polar surface area (TPSA) is 32.7 Å². The van der Waals surface area contributed by atoms with E-state index in [0.717, 1.165) is 39.0 Å². The molecule has 1 aliphatic heterocycles. The molecule has 1 saturated carbocycles. The van der Waals surface area contributed by atoms with Gasteiger partial charge in [0.15, 0.2) is 0 Å². The van der Waals surface area contributed by atoms with Crippen molar-refractivity contribution in [2.45, 2.75) is 56.8 Å². The molecule has 3 unspecified atom stereocenters. The van der Waals surface area contributed by atoms with Gasteiger partial charge in [0.05, 0.1) is 18.8 Å². The summed E-state index contributed by atoms with van der Waals surface area (Å²) in [6.07, 6.45) is 7.01. The fourth-order valence-electron chi connectivity index (χ4n) is 3.78. The summed E-state index contributed by atoms with van der Waals surface area (Å²) in [5.74, 6) is 0. The van der Waals surface area contributed by atoms with Crippen molar-refractivity contribution in [1.82, 2.24) is 4.90 Å². The van der Waals surface area contributed by atoms with Crippen LogP contribution in [0.15, 0.2) is 28.7 Å². The second-order valence-corrected chi connectivity index (χ2v) is 7.39. The molecule has 22 heavy (non-hydrogen) atoms. The average Bonchev–Trinajstić information content (AvgIpc) is 2.96. The van der Waals surface area contributed by atoms with Gasteiger partial charge in [0.25, 0.3) is 0 Å². The van der Waals surface area contributed by atoms with E-state index in [4.69, 9.17) is 4.74 Å². The van der Waals surface area contributed by atoms with Crippen molar-refractivity contribution in [3.05, 3.63) is 34.3 Å². The molecule has 0 spiro atoms. The van der Waals surface area contributed by atoms with Gasteiger partial charge < -0.3 is 9.84 Å². The first-order chi connectivity index (χ1) is 10.7. The van der Waals surface area contributed by atoms with E-state index < -0.39 is 0 Å². The quantitative estimate of drug-likeness (QED) is 0.865. The molecule has 3 nitrogen and oxygen atoms in total. The molecule has 3 rings (SSSR count). The number of benzene rings is 1. The number of ether oxygens (including phenoxy) is 1. The molecule has 0 aromatic heterocycles. The molecule has 1 aliphatic carbocycles. The second kappa shape index (κ2) is 7.91. The third kappa shape index (κ3) is 4.10. The van der Waals surface area contributed by atoms with E-state index in [1.54, 1.807) is 0 Å². The van der Waals surface area contributed by atoms with Crippen LogP contribution < -0.4 is 0 Å². The van der Waals surface area contributed by atoms with E-state index in [9.17, 15) is 5.11 Å². The maximum atomic E-state index is 9.78. The molecule has 1 N–H and O–H groups in total. The number of β-amino-alcohol motifs (C(OH)–C–C–N with tert-alkyl or cyclic N) is 1. The Morgan fingerprint density at radius 1 is 1.18 bits per heavy atom. The zero-order valence-electron chi connectivity index (χ0n) is 13.1. The third-order valence-corrected chi connectivity index (χ3v) is 5.77. The number of hydrogen-bond acceptors (Lipinski definition) is 3. The Hall–Kier alpha value is -0.420. The zero-order chi connectivity index (χ0) is 15.4. The van der Waals surface area contributed by atoms with E-state index in [1.165, 1.54) is 29.3 Å². The van der Waals surface area contributed by atoms with Crippen LogP contribution in [0.5, 0.6) is 0 Å². The Kier molecular flexibility index (Phi) is 5.91. The van der Waals surface area contributed by atoms with Crippen LogP contribution in [-0.2, 0) is 11.2 Å². The Bertz CT molecular complexity index is 482. The number of rotatable bonds is 5. The summed E-state index contributed by atoms with van der Waals surface area (Å²) in [7, 11) is 0. The van der Waals surface area contributed by atoms with Crippen LogP contribution in [0.2, 0.25) is 0 Å². The monoisotopic (exact) mass is 367 g/mol. The Balaban J connectivity index is 1.52. The summed E-state index contributed by atoms with van der Waals surface area (Å²) in [4.78, 5) is 2.45. The van der Waals surface area contributed by atoms with Gasteiger partial charge in [-0.1, -0.05) is 47.0 Å². The lowest BCUT2D eigenvalue weighted by atomic mass is 9.91. The van der Waals surface area contributed by atoms with Crippen molar-refractivity contribution >= 4 is 15.9 Å². The largest absolute Gasteiger partial charge is 0.392 e. The zero-order valence-corrected chi connectivity index (χ0v) is 14.7. The summed E-state index contributed by atoms with van der Waals surface area (Å²) in [5.41, 5.74) is 1.31. The van der Waals surface area contributed by atoms with Crippen LogP contribution in [0.4, 0.5) is 0 Å². The lowest BCUT2D eigenvalue weighted by molar-refractivity contribution is -0.0316. The highest BCUT2D eigenvalue weighted by atomic mass is 79.9. The SMILES string of the molecule is OC1CCN(C2CCCCC2OCCc2ccccc2Br)C1. The van der Waals surface area contributed by atoms with Crippen LogP contribution in [0, 0.1) is 0 Å². The van der Waals surface area contributed by atoms with Crippen LogP contribution in [0.1, 0.15) is 37.7 Å². The molecular formula is C18H26BrNO2. The van der Waals surface area contributed by atoms with E-state index in [1.807, 2.05) is 6.07 Å². The van der Waals surface area contributed by atoms with Crippen LogP contribution in [0.3, 0.4) is 0 Å². The minimum atomic E-state index is -0.136. The molecular weight excluding hydrogens is 342 g/mol. The van der Waals surface area contributed by atoms with Crippen molar-refractivity contribution in [3.63, 3.8) is 0 Å². The van der Waals surface area contributed by atoms with Crippen molar-refractivity contribution < 1.29 is 9.84 Å². The fraction of sp³-hybridized carbons (Fsp3) is 0.667. The van der Waals surface area contributed by atoms with Crippen molar-refractivity contribution in [2.75, 3.05) is 19.7 Å². The molecule has 2 aliphatic rings. The highest BCUT2D eigenvalue weighted by Crippen LogP contribution is 2.28. The third-order valence-electron chi connectivity index (χ3n) is 4.99. The fourth-order valence-corrected chi connectivity index (χ4v) is 4.26. The molecule has 0 radical (unpaired) electrons. The van der Waals surface area contributed by atoms with Crippen molar-refractivity contribution in [2.24, 2.45) is 0 Å². The van der Waals surface area contributed by atoms with Crippen molar-refractivity contribution in [3.8, 4) is 0 Å². The summed E-state index contributed by atoms with van der Waals surface area (Å²) in [5, 5.41) is 9.78. The van der Waals surface area contributed by atoms with Gasteiger partial charge in [0, 0.05) is 23.6 Å². The predicted octanol–water partition coefficient (Wildman–Crippen LogP) is 3.39. The number of aliphatic hydroxyl groups is 1. The molecule has 4 heteroatoms. The van der Waals surface area contributed by atoms with Gasteiger partial charge >= 0.3 is 0 Å². The number of aliphatic hydroxyl groups excluding tert-OH is 1. The molecule has 3 atom stereocenters. The molecule has 1 aromatic carbocycles. The van der Waals surface area contributed by atoms with Crippen LogP contribution in [0.25, 0.3) is 0 Å². The lowest BCUT2D eigenvalue weighted by Crippen LogP contribution is -2.46.